The minimum absolute atomic E-state index is 0.0311. The van der Waals surface area contributed by atoms with Gasteiger partial charge in [-0.15, -0.1) is 0 Å². The van der Waals surface area contributed by atoms with Crippen LogP contribution in [0.25, 0.3) is 0 Å². The number of ketones is 1. The van der Waals surface area contributed by atoms with Gasteiger partial charge in [-0.05, 0) is 29.8 Å². The number of hydrogen-bond acceptors (Lipinski definition) is 7. The molecule has 1 saturated heterocycles. The standard InChI is InChI=1S/C23H20F3N5O4/c1-31(10-13-5-7-14(24)8-6-13)20(35)16-17(32)19(34)30-21(29-16)23(11-22(25,26)12-28-23)18(33)15-4-2-3-9-27-15/h2-9,28,32H,10-12H2,1H3,(H,29,30,34)/t23-/m1/s1. The number of nitrogens with zero attached hydrogens (tertiary/aromatic N) is 3. The molecule has 0 radical (unpaired) electrons. The number of aromatic amines is 1. The van der Waals surface area contributed by atoms with Gasteiger partial charge in [0.2, 0.25) is 11.5 Å². The second kappa shape index (κ2) is 8.95. The third-order valence-electron chi connectivity index (χ3n) is 5.64. The lowest BCUT2D eigenvalue weighted by Gasteiger charge is -2.27. The van der Waals surface area contributed by atoms with Gasteiger partial charge in [0.1, 0.15) is 22.9 Å². The van der Waals surface area contributed by atoms with Crippen molar-refractivity contribution >= 4 is 11.7 Å². The molecule has 0 unspecified atom stereocenters. The van der Waals surface area contributed by atoms with Gasteiger partial charge >= 0.3 is 0 Å². The second-order valence-corrected chi connectivity index (χ2v) is 8.24. The average Bonchev–Trinajstić information content (AvgIpc) is 3.18. The molecule has 4 rings (SSSR count). The van der Waals surface area contributed by atoms with Crippen molar-refractivity contribution in [3.05, 3.63) is 87.6 Å². The third-order valence-corrected chi connectivity index (χ3v) is 5.64. The van der Waals surface area contributed by atoms with Crippen molar-refractivity contribution in [2.24, 2.45) is 0 Å². The molecule has 9 nitrogen and oxygen atoms in total. The summed E-state index contributed by atoms with van der Waals surface area (Å²) in [5.41, 5.74) is -3.72. The molecule has 1 atom stereocenters. The molecule has 1 aromatic carbocycles. The molecular weight excluding hydrogens is 467 g/mol. The zero-order chi connectivity index (χ0) is 25.4. The summed E-state index contributed by atoms with van der Waals surface area (Å²) in [6.45, 7) is -0.916. The fraction of sp³-hybridized carbons (Fsp3) is 0.261. The van der Waals surface area contributed by atoms with Crippen LogP contribution in [0.4, 0.5) is 13.2 Å². The Balaban J connectivity index is 1.76. The number of rotatable bonds is 6. The number of benzene rings is 1. The van der Waals surface area contributed by atoms with Crippen LogP contribution in [0, 0.1) is 5.82 Å². The average molecular weight is 487 g/mol. The number of Topliss-reactive ketones (excluding diaryl/α,β-unsaturated/α-hetero) is 1. The fourth-order valence-corrected chi connectivity index (χ4v) is 3.88. The Bertz CT molecular complexity index is 1330. The SMILES string of the molecule is CN(Cc1ccc(F)cc1)C(=O)c1nc([C@]2(C(=O)c3ccccn3)CC(F)(F)CN2)[nH]c(=O)c1O. The maximum atomic E-state index is 14.3. The molecule has 0 aliphatic carbocycles. The fourth-order valence-electron chi connectivity index (χ4n) is 3.88. The lowest BCUT2D eigenvalue weighted by Crippen LogP contribution is -2.48. The molecule has 1 amide bonds. The van der Waals surface area contributed by atoms with Crippen molar-refractivity contribution in [3.63, 3.8) is 0 Å². The van der Waals surface area contributed by atoms with Gasteiger partial charge < -0.3 is 15.0 Å². The first kappa shape index (κ1) is 24.1. The van der Waals surface area contributed by atoms with Crippen molar-refractivity contribution in [1.29, 1.82) is 0 Å². The van der Waals surface area contributed by atoms with E-state index >= 15 is 0 Å². The molecular formula is C23H20F3N5O4. The number of carbonyl (C=O) groups excluding carboxylic acids is 2. The van der Waals surface area contributed by atoms with Gasteiger partial charge in [0.15, 0.2) is 5.69 Å². The van der Waals surface area contributed by atoms with E-state index in [1.807, 2.05) is 0 Å². The minimum Gasteiger partial charge on any atom is -0.501 e. The Labute approximate surface area is 196 Å². The number of hydrogen-bond donors (Lipinski definition) is 3. The molecule has 35 heavy (non-hydrogen) atoms. The molecule has 0 saturated carbocycles. The van der Waals surface area contributed by atoms with Crippen molar-refractivity contribution < 1.29 is 27.9 Å². The lowest BCUT2D eigenvalue weighted by molar-refractivity contribution is 0.0147. The predicted octanol–water partition coefficient (Wildman–Crippen LogP) is 1.99. The highest BCUT2D eigenvalue weighted by Gasteiger charge is 2.57. The van der Waals surface area contributed by atoms with E-state index < -0.39 is 64.8 Å². The summed E-state index contributed by atoms with van der Waals surface area (Å²) in [5.74, 6) is -7.18. The molecule has 1 fully saturated rings. The summed E-state index contributed by atoms with van der Waals surface area (Å²) >= 11 is 0. The van der Waals surface area contributed by atoms with Crippen LogP contribution in [-0.2, 0) is 12.1 Å². The molecule has 3 heterocycles. The summed E-state index contributed by atoms with van der Waals surface area (Å²) < 4.78 is 41.8. The first-order valence-corrected chi connectivity index (χ1v) is 10.4. The monoisotopic (exact) mass is 487 g/mol. The van der Waals surface area contributed by atoms with Crippen molar-refractivity contribution in [2.75, 3.05) is 13.6 Å². The largest absolute Gasteiger partial charge is 0.501 e. The molecule has 0 spiro atoms. The lowest BCUT2D eigenvalue weighted by atomic mass is 9.87. The van der Waals surface area contributed by atoms with Gasteiger partial charge in [-0.2, -0.15) is 0 Å². The van der Waals surface area contributed by atoms with E-state index in [1.165, 1.54) is 55.7 Å². The van der Waals surface area contributed by atoms with Crippen LogP contribution in [-0.4, -0.2) is 56.2 Å². The number of aromatic nitrogens is 3. The third kappa shape index (κ3) is 4.64. The van der Waals surface area contributed by atoms with Crippen LogP contribution >= 0.6 is 0 Å². The van der Waals surface area contributed by atoms with Gasteiger partial charge in [-0.1, -0.05) is 18.2 Å². The van der Waals surface area contributed by atoms with Gasteiger partial charge in [-0.3, -0.25) is 24.7 Å². The zero-order valence-corrected chi connectivity index (χ0v) is 18.4. The highest BCUT2D eigenvalue weighted by molar-refractivity contribution is 6.02. The summed E-state index contributed by atoms with van der Waals surface area (Å²) in [5, 5.41) is 12.7. The van der Waals surface area contributed by atoms with Gasteiger partial charge in [-0.25, -0.2) is 18.2 Å². The molecule has 12 heteroatoms. The van der Waals surface area contributed by atoms with E-state index in [2.05, 4.69) is 20.3 Å². The number of pyridine rings is 1. The van der Waals surface area contributed by atoms with E-state index in [9.17, 15) is 32.7 Å². The first-order chi connectivity index (χ1) is 16.5. The molecule has 1 aliphatic heterocycles. The molecule has 1 aliphatic rings. The Morgan fingerprint density at radius 2 is 1.89 bits per heavy atom. The Morgan fingerprint density at radius 3 is 2.49 bits per heavy atom. The Hall–Kier alpha value is -4.06. The first-order valence-electron chi connectivity index (χ1n) is 10.4. The smallest absolute Gasteiger partial charge is 0.294 e. The zero-order valence-electron chi connectivity index (χ0n) is 18.4. The normalized spacial score (nSPS) is 18.9. The maximum absolute atomic E-state index is 14.3. The van der Waals surface area contributed by atoms with E-state index in [-0.39, 0.29) is 12.2 Å². The maximum Gasteiger partial charge on any atom is 0.294 e. The number of aromatic hydroxyl groups is 1. The predicted molar refractivity (Wildman–Crippen MR) is 117 cm³/mol. The highest BCUT2D eigenvalue weighted by Crippen LogP contribution is 2.40. The quantitative estimate of drug-likeness (QED) is 0.454. The number of alkyl halides is 2. The molecule has 2 aromatic heterocycles. The van der Waals surface area contributed by atoms with E-state index in [0.29, 0.717) is 5.56 Å². The van der Waals surface area contributed by atoms with Crippen molar-refractivity contribution in [2.45, 2.75) is 24.4 Å². The number of amides is 1. The van der Waals surface area contributed by atoms with Gasteiger partial charge in [0.25, 0.3) is 17.4 Å². The van der Waals surface area contributed by atoms with Crippen molar-refractivity contribution in [1.82, 2.24) is 25.2 Å². The molecule has 3 aromatic rings. The summed E-state index contributed by atoms with van der Waals surface area (Å²) in [7, 11) is 1.35. The number of carbonyl (C=O) groups is 2. The van der Waals surface area contributed by atoms with Gasteiger partial charge in [0.05, 0.1) is 6.54 Å². The highest BCUT2D eigenvalue weighted by atomic mass is 19.3. The van der Waals surface area contributed by atoms with Gasteiger partial charge in [0, 0.05) is 26.2 Å². The van der Waals surface area contributed by atoms with Crippen LogP contribution in [0.15, 0.2) is 53.5 Å². The number of H-pyrrole nitrogens is 1. The molecule has 3 N–H and O–H groups in total. The number of halogens is 3. The van der Waals surface area contributed by atoms with Crippen molar-refractivity contribution in [3.8, 4) is 5.75 Å². The molecule has 182 valence electrons. The van der Waals surface area contributed by atoms with E-state index in [0.717, 1.165) is 4.90 Å². The summed E-state index contributed by atoms with van der Waals surface area (Å²) in [6, 6.07) is 9.65. The van der Waals surface area contributed by atoms with Crippen LogP contribution in [0.5, 0.6) is 5.75 Å². The van der Waals surface area contributed by atoms with E-state index in [4.69, 9.17) is 0 Å². The van der Waals surface area contributed by atoms with Crippen LogP contribution in [0.2, 0.25) is 0 Å². The minimum atomic E-state index is -3.33. The Morgan fingerprint density at radius 1 is 1.17 bits per heavy atom. The summed E-state index contributed by atoms with van der Waals surface area (Å²) in [4.78, 5) is 50.0. The number of nitrogens with one attached hydrogen (secondary N) is 2. The topological polar surface area (TPSA) is 128 Å². The summed E-state index contributed by atoms with van der Waals surface area (Å²) in [6.07, 6.45) is 0.253. The molecule has 0 bridgehead atoms. The van der Waals surface area contributed by atoms with E-state index in [1.54, 1.807) is 0 Å². The van der Waals surface area contributed by atoms with Crippen LogP contribution in [0.1, 0.15) is 38.8 Å². The van der Waals surface area contributed by atoms with Crippen LogP contribution < -0.4 is 10.9 Å². The second-order valence-electron chi connectivity index (χ2n) is 8.24. The Kier molecular flexibility index (Phi) is 6.15. The van der Waals surface area contributed by atoms with Crippen LogP contribution in [0.3, 0.4) is 0 Å².